The number of nitrogens with one attached hydrogen (secondary N) is 2. The van der Waals surface area contributed by atoms with Gasteiger partial charge in [-0.1, -0.05) is 30.7 Å². The molecule has 41 heavy (non-hydrogen) atoms. The zero-order valence-electron chi connectivity index (χ0n) is 22.8. The molecule has 4 aromatic rings. The standard InChI is InChI=1S/C31H33FN6O3/c32-27-9-8-22(21-28-24-6-2-3-7-25(24)30(40)36-35-28)20-26(27)31(41)38-18-16-37(17-19-38)15-5-1-4-12-34-29(39)23-10-13-33-14-11-23/h2-3,6-11,13-14,20H,1,4-5,12,15-19,21H2,(H,34,39)(H,36,40). The topological polar surface area (TPSA) is 111 Å². The number of rotatable bonds is 10. The van der Waals surface area contributed by atoms with E-state index in [1.165, 1.54) is 6.07 Å². The van der Waals surface area contributed by atoms with E-state index in [4.69, 9.17) is 0 Å². The summed E-state index contributed by atoms with van der Waals surface area (Å²) in [7, 11) is 0. The molecule has 2 aromatic heterocycles. The van der Waals surface area contributed by atoms with Crippen LogP contribution in [0.25, 0.3) is 10.8 Å². The number of benzene rings is 2. The number of pyridine rings is 1. The molecule has 1 aliphatic heterocycles. The summed E-state index contributed by atoms with van der Waals surface area (Å²) >= 11 is 0. The lowest BCUT2D eigenvalue weighted by atomic mass is 10.0. The van der Waals surface area contributed by atoms with Gasteiger partial charge in [0.1, 0.15) is 5.82 Å². The van der Waals surface area contributed by atoms with E-state index in [1.807, 2.05) is 12.1 Å². The molecule has 0 saturated carbocycles. The molecule has 1 aliphatic rings. The summed E-state index contributed by atoms with van der Waals surface area (Å²) in [5.41, 5.74) is 1.81. The minimum atomic E-state index is -0.545. The van der Waals surface area contributed by atoms with Crippen LogP contribution in [0, 0.1) is 5.82 Å². The van der Waals surface area contributed by atoms with Crippen molar-refractivity contribution in [3.63, 3.8) is 0 Å². The molecule has 10 heteroatoms. The summed E-state index contributed by atoms with van der Waals surface area (Å²) in [6.07, 6.45) is 6.46. The average Bonchev–Trinajstić information content (AvgIpc) is 3.01. The summed E-state index contributed by atoms with van der Waals surface area (Å²) in [4.78, 5) is 45.4. The molecule has 0 atom stereocenters. The molecule has 3 heterocycles. The zero-order chi connectivity index (χ0) is 28.6. The van der Waals surface area contributed by atoms with Crippen LogP contribution in [0.2, 0.25) is 0 Å². The first-order valence-corrected chi connectivity index (χ1v) is 13.9. The number of aromatic nitrogens is 3. The Labute approximate surface area is 237 Å². The van der Waals surface area contributed by atoms with Gasteiger partial charge in [0, 0.05) is 62.5 Å². The van der Waals surface area contributed by atoms with Crippen LogP contribution in [0.4, 0.5) is 4.39 Å². The van der Waals surface area contributed by atoms with Gasteiger partial charge in [0.25, 0.3) is 17.4 Å². The lowest BCUT2D eigenvalue weighted by molar-refractivity contribution is 0.0630. The lowest BCUT2D eigenvalue weighted by Crippen LogP contribution is -2.49. The minimum Gasteiger partial charge on any atom is -0.352 e. The van der Waals surface area contributed by atoms with Crippen molar-refractivity contribution in [3.8, 4) is 0 Å². The molecule has 0 spiro atoms. The number of amides is 2. The van der Waals surface area contributed by atoms with Crippen LogP contribution >= 0.6 is 0 Å². The second-order valence-electron chi connectivity index (χ2n) is 10.2. The number of unbranched alkanes of at least 4 members (excludes halogenated alkanes) is 2. The van der Waals surface area contributed by atoms with Gasteiger partial charge in [-0.3, -0.25) is 24.3 Å². The van der Waals surface area contributed by atoms with Crippen molar-refractivity contribution >= 4 is 22.6 Å². The zero-order valence-corrected chi connectivity index (χ0v) is 22.8. The molecule has 2 aromatic carbocycles. The van der Waals surface area contributed by atoms with E-state index >= 15 is 0 Å². The van der Waals surface area contributed by atoms with Gasteiger partial charge in [-0.2, -0.15) is 5.10 Å². The van der Waals surface area contributed by atoms with Crippen LogP contribution in [0.1, 0.15) is 51.2 Å². The highest BCUT2D eigenvalue weighted by Crippen LogP contribution is 2.20. The van der Waals surface area contributed by atoms with Crippen LogP contribution in [-0.2, 0) is 6.42 Å². The SMILES string of the molecule is O=C(NCCCCCN1CCN(C(=O)c2cc(Cc3n[nH]c(=O)c4ccccc34)ccc2F)CC1)c1ccncc1. The van der Waals surface area contributed by atoms with Crippen molar-refractivity contribution in [1.29, 1.82) is 0 Å². The molecule has 0 bridgehead atoms. The number of hydrogen-bond acceptors (Lipinski definition) is 6. The van der Waals surface area contributed by atoms with Gasteiger partial charge in [0.2, 0.25) is 0 Å². The highest BCUT2D eigenvalue weighted by Gasteiger charge is 2.24. The molecule has 0 aliphatic carbocycles. The van der Waals surface area contributed by atoms with Crippen LogP contribution in [0.3, 0.4) is 0 Å². The van der Waals surface area contributed by atoms with Crippen molar-refractivity contribution in [3.05, 3.63) is 106 Å². The second-order valence-corrected chi connectivity index (χ2v) is 10.2. The van der Waals surface area contributed by atoms with Crippen LogP contribution in [0.5, 0.6) is 0 Å². The smallest absolute Gasteiger partial charge is 0.272 e. The Morgan fingerprint density at radius 3 is 2.46 bits per heavy atom. The molecule has 9 nitrogen and oxygen atoms in total. The quantitative estimate of drug-likeness (QED) is 0.290. The predicted molar refractivity (Wildman–Crippen MR) is 154 cm³/mol. The Morgan fingerprint density at radius 2 is 1.68 bits per heavy atom. The van der Waals surface area contributed by atoms with Gasteiger partial charge < -0.3 is 10.2 Å². The maximum Gasteiger partial charge on any atom is 0.272 e. The lowest BCUT2D eigenvalue weighted by Gasteiger charge is -2.35. The van der Waals surface area contributed by atoms with E-state index in [9.17, 15) is 18.8 Å². The third-order valence-electron chi connectivity index (χ3n) is 7.45. The Balaban J connectivity index is 1.08. The number of nitrogens with zero attached hydrogens (tertiary/aromatic N) is 4. The molecule has 2 amide bonds. The third kappa shape index (κ3) is 7.01. The van der Waals surface area contributed by atoms with Crippen LogP contribution < -0.4 is 10.9 Å². The number of piperazine rings is 1. The van der Waals surface area contributed by atoms with E-state index < -0.39 is 5.82 Å². The van der Waals surface area contributed by atoms with Gasteiger partial charge in [0.05, 0.1) is 16.6 Å². The summed E-state index contributed by atoms with van der Waals surface area (Å²) in [5.74, 6) is -0.943. The molecular formula is C31H33FN6O3. The van der Waals surface area contributed by atoms with E-state index in [2.05, 4.69) is 25.4 Å². The van der Waals surface area contributed by atoms with Gasteiger partial charge in [0.15, 0.2) is 0 Å². The predicted octanol–water partition coefficient (Wildman–Crippen LogP) is 3.41. The largest absolute Gasteiger partial charge is 0.352 e. The summed E-state index contributed by atoms with van der Waals surface area (Å²) in [6.45, 7) is 4.10. The summed E-state index contributed by atoms with van der Waals surface area (Å²) in [6, 6.07) is 15.2. The Morgan fingerprint density at radius 1 is 0.927 bits per heavy atom. The second kappa shape index (κ2) is 13.3. The average molecular weight is 557 g/mol. The first kappa shape index (κ1) is 28.1. The van der Waals surface area contributed by atoms with Gasteiger partial charge in [-0.25, -0.2) is 9.49 Å². The number of carbonyl (C=O) groups excluding carboxylic acids is 2. The number of H-pyrrole nitrogens is 1. The molecular weight excluding hydrogens is 523 g/mol. The fourth-order valence-electron chi connectivity index (χ4n) is 5.14. The third-order valence-corrected chi connectivity index (χ3v) is 7.45. The van der Waals surface area contributed by atoms with E-state index in [0.717, 1.165) is 49.8 Å². The molecule has 1 fully saturated rings. The Bertz CT molecular complexity index is 1570. The monoisotopic (exact) mass is 556 g/mol. The Kier molecular flexibility index (Phi) is 9.10. The number of fused-ring (bicyclic) bond motifs is 1. The Hall–Kier alpha value is -4.44. The molecule has 0 radical (unpaired) electrons. The maximum absolute atomic E-state index is 14.8. The van der Waals surface area contributed by atoms with Gasteiger partial charge in [-0.15, -0.1) is 0 Å². The van der Waals surface area contributed by atoms with Crippen molar-refractivity contribution in [2.75, 3.05) is 39.3 Å². The fourth-order valence-corrected chi connectivity index (χ4v) is 5.14. The van der Waals surface area contributed by atoms with Crippen molar-refractivity contribution in [2.24, 2.45) is 0 Å². The minimum absolute atomic E-state index is 0.0542. The highest BCUT2D eigenvalue weighted by atomic mass is 19.1. The van der Waals surface area contributed by atoms with Crippen molar-refractivity contribution < 1.29 is 14.0 Å². The summed E-state index contributed by atoms with van der Waals surface area (Å²) < 4.78 is 14.8. The molecule has 5 rings (SSSR count). The molecule has 1 saturated heterocycles. The van der Waals surface area contributed by atoms with Crippen LogP contribution in [-0.4, -0.2) is 76.1 Å². The summed E-state index contributed by atoms with van der Waals surface area (Å²) in [5, 5.41) is 10.9. The number of hydrogen-bond donors (Lipinski definition) is 2. The molecule has 2 N–H and O–H groups in total. The highest BCUT2D eigenvalue weighted by molar-refractivity contribution is 5.95. The molecule has 0 unspecified atom stereocenters. The van der Waals surface area contributed by atoms with E-state index in [-0.39, 0.29) is 22.9 Å². The van der Waals surface area contributed by atoms with Crippen LogP contribution in [0.15, 0.2) is 71.8 Å². The van der Waals surface area contributed by atoms with Crippen molar-refractivity contribution in [2.45, 2.75) is 25.7 Å². The fraction of sp³-hybridized carbons (Fsp3) is 0.323. The van der Waals surface area contributed by atoms with Gasteiger partial charge in [-0.05, 0) is 55.3 Å². The number of halogens is 1. The number of aromatic amines is 1. The first-order valence-electron chi connectivity index (χ1n) is 13.9. The van der Waals surface area contributed by atoms with E-state index in [1.54, 1.807) is 53.7 Å². The van der Waals surface area contributed by atoms with E-state index in [0.29, 0.717) is 42.7 Å². The van der Waals surface area contributed by atoms with Gasteiger partial charge >= 0.3 is 0 Å². The van der Waals surface area contributed by atoms with Crippen molar-refractivity contribution in [1.82, 2.24) is 30.3 Å². The first-order chi connectivity index (χ1) is 20.0. The number of carbonyl (C=O) groups is 2. The molecule has 212 valence electrons. The maximum atomic E-state index is 14.8. The normalized spacial score (nSPS) is 13.8.